The first-order valence-corrected chi connectivity index (χ1v) is 27.8. The van der Waals surface area contributed by atoms with Crippen LogP contribution in [0.5, 0.6) is 0 Å². The summed E-state index contributed by atoms with van der Waals surface area (Å²) >= 11 is 3.72. The Morgan fingerprint density at radius 1 is 0.476 bits per heavy atom. The van der Waals surface area contributed by atoms with Crippen molar-refractivity contribution in [2.75, 3.05) is 0 Å². The van der Waals surface area contributed by atoms with E-state index in [0.29, 0.717) is 0 Å². The second-order valence-corrected chi connectivity index (χ2v) is 24.6. The van der Waals surface area contributed by atoms with Crippen LogP contribution in [-0.2, 0) is 0 Å². The minimum absolute atomic E-state index is 0.759. The van der Waals surface area contributed by atoms with Gasteiger partial charge in [-0.3, -0.25) is 0 Å². The van der Waals surface area contributed by atoms with Crippen LogP contribution in [0.1, 0.15) is 89.5 Å². The van der Waals surface area contributed by atoms with Crippen LogP contribution in [-0.4, -0.2) is 18.0 Å². The Morgan fingerprint density at radius 2 is 0.968 bits per heavy atom. The van der Waals surface area contributed by atoms with Crippen molar-refractivity contribution in [3.63, 3.8) is 0 Å². The normalized spacial score (nSPS) is 15.4. The van der Waals surface area contributed by atoms with Gasteiger partial charge in [-0.2, -0.15) is 0 Å². The highest BCUT2D eigenvalue weighted by atomic mass is 32.1. The number of nitrogens with zero attached hydrogens (tertiary/aromatic N) is 2. The molecule has 5 heteroatoms. The fourth-order valence-electron chi connectivity index (χ4n) is 10.5. The molecule has 0 bridgehead atoms. The number of hydrogen-bond acceptors (Lipinski definition) is 4. The zero-order valence-electron chi connectivity index (χ0n) is 38.1. The molecule has 1 aliphatic heterocycles. The molecule has 0 N–H and O–H groups in total. The number of unbranched alkanes of at least 4 members (excludes halogenated alkanes) is 2. The highest BCUT2D eigenvalue weighted by molar-refractivity contribution is 7.19. The lowest BCUT2D eigenvalue weighted by molar-refractivity contribution is 0.469. The van der Waals surface area contributed by atoms with Gasteiger partial charge in [-0.05, 0) is 89.1 Å². The number of benzene rings is 5. The van der Waals surface area contributed by atoms with E-state index in [1.54, 1.807) is 10.4 Å². The van der Waals surface area contributed by atoms with Crippen LogP contribution in [0.2, 0.25) is 12.1 Å². The van der Waals surface area contributed by atoms with E-state index in [0.717, 1.165) is 56.5 Å². The Hall–Kier alpha value is -4.94. The maximum Gasteiger partial charge on any atom is 0.120 e. The maximum absolute atomic E-state index is 5.64. The van der Waals surface area contributed by atoms with E-state index in [-0.39, 0.29) is 0 Å². The lowest BCUT2D eigenvalue weighted by Gasteiger charge is -2.37. The Bertz CT molecular complexity index is 2820. The molecule has 0 saturated carbocycles. The predicted molar refractivity (Wildman–Crippen MR) is 279 cm³/mol. The summed E-state index contributed by atoms with van der Waals surface area (Å²) in [5.41, 5.74) is 13.9. The summed E-state index contributed by atoms with van der Waals surface area (Å²) < 4.78 is 0. The van der Waals surface area contributed by atoms with E-state index >= 15 is 0 Å². The fourth-order valence-corrected chi connectivity index (χ4v) is 19.1. The molecule has 0 fully saturated rings. The third-order valence-corrected chi connectivity index (χ3v) is 21.6. The van der Waals surface area contributed by atoms with Gasteiger partial charge in [-0.1, -0.05) is 194 Å². The largest absolute Gasteiger partial charge is 0.243 e. The van der Waals surface area contributed by atoms with Crippen molar-refractivity contribution in [3.8, 4) is 65.0 Å². The second kappa shape index (κ2) is 19.0. The molecule has 4 heterocycles. The molecule has 2 unspecified atom stereocenters. The van der Waals surface area contributed by atoms with Gasteiger partial charge in [0.15, 0.2) is 0 Å². The summed E-state index contributed by atoms with van der Waals surface area (Å²) in [6.45, 7) is 14.1. The molecular weight excluding hydrogens is 817 g/mol. The molecule has 8 aromatic rings. The third-order valence-electron chi connectivity index (χ3n) is 14.0. The van der Waals surface area contributed by atoms with Gasteiger partial charge in [-0.15, -0.1) is 22.7 Å². The first-order valence-electron chi connectivity index (χ1n) is 23.7. The fraction of sp³-hybridized carbons (Fsp3) is 0.310. The number of fused-ring (bicyclic) bond motifs is 4. The number of aryl methyl sites for hydroxylation is 2. The minimum Gasteiger partial charge on any atom is -0.243 e. The van der Waals surface area contributed by atoms with Gasteiger partial charge in [0.1, 0.15) is 8.07 Å². The Balaban J connectivity index is 1.20. The Labute approximate surface area is 385 Å². The van der Waals surface area contributed by atoms with E-state index in [4.69, 9.17) is 9.97 Å². The lowest BCUT2D eigenvalue weighted by atomic mass is 10.0. The van der Waals surface area contributed by atoms with Crippen LogP contribution < -0.4 is 10.4 Å². The summed E-state index contributed by atoms with van der Waals surface area (Å²) in [5.74, 6) is 1.52. The van der Waals surface area contributed by atoms with E-state index < -0.39 is 8.07 Å². The second-order valence-electron chi connectivity index (χ2n) is 18.2. The molecule has 2 atom stereocenters. The molecular formula is C58H62N2S2Si. The smallest absolute Gasteiger partial charge is 0.120 e. The molecule has 1 aliphatic rings. The van der Waals surface area contributed by atoms with Crippen molar-refractivity contribution >= 4 is 52.2 Å². The minimum atomic E-state index is -2.15. The highest BCUT2D eigenvalue weighted by Crippen LogP contribution is 2.45. The average molecular weight is 879 g/mol. The number of aromatic nitrogens is 2. The van der Waals surface area contributed by atoms with Crippen LogP contribution in [0.25, 0.3) is 76.0 Å². The monoisotopic (exact) mass is 878 g/mol. The van der Waals surface area contributed by atoms with E-state index in [2.05, 4.69) is 175 Å². The third kappa shape index (κ3) is 8.57. The van der Waals surface area contributed by atoms with E-state index in [1.807, 2.05) is 22.7 Å². The molecule has 0 saturated heterocycles. The van der Waals surface area contributed by atoms with Gasteiger partial charge >= 0.3 is 0 Å². The summed E-state index contributed by atoms with van der Waals surface area (Å²) in [5, 5.41) is 3.43. The molecule has 320 valence electrons. The van der Waals surface area contributed by atoms with Crippen LogP contribution in [0.4, 0.5) is 0 Å². The topological polar surface area (TPSA) is 25.8 Å². The van der Waals surface area contributed by atoms with Crippen molar-refractivity contribution in [1.82, 2.24) is 9.97 Å². The number of thiophene rings is 2. The van der Waals surface area contributed by atoms with Gasteiger partial charge in [-0.25, -0.2) is 9.97 Å². The summed E-state index contributed by atoms with van der Waals surface area (Å²) in [6, 6.07) is 52.7. The van der Waals surface area contributed by atoms with Gasteiger partial charge in [0.2, 0.25) is 0 Å². The molecule has 5 aromatic carbocycles. The van der Waals surface area contributed by atoms with Crippen molar-refractivity contribution in [2.45, 2.75) is 105 Å². The van der Waals surface area contributed by atoms with Gasteiger partial charge in [0, 0.05) is 41.8 Å². The SMILES string of the molecule is CCCCC(CC)C[Si]1(CC(CC)CCCC)c2cc(C)ccc2-c2ccc(-c3ccc(-c4ccc(-c5ccc(C)s5)c5nc(-c6ccccc6)c(-c6ccccc6)nc45)s3)cc21. The zero-order valence-corrected chi connectivity index (χ0v) is 40.8. The van der Waals surface area contributed by atoms with Crippen molar-refractivity contribution < 1.29 is 0 Å². The average Bonchev–Trinajstić information content (AvgIpc) is 4.06. The van der Waals surface area contributed by atoms with Crippen LogP contribution in [0.3, 0.4) is 0 Å². The molecule has 0 amide bonds. The quantitative estimate of drug-likeness (QED) is 0.0852. The maximum atomic E-state index is 5.64. The molecule has 0 spiro atoms. The van der Waals surface area contributed by atoms with Crippen LogP contribution in [0, 0.1) is 25.7 Å². The number of rotatable bonds is 17. The molecule has 63 heavy (non-hydrogen) atoms. The predicted octanol–water partition coefficient (Wildman–Crippen LogP) is 16.7. The zero-order chi connectivity index (χ0) is 43.5. The Morgan fingerprint density at radius 3 is 1.49 bits per heavy atom. The summed E-state index contributed by atoms with van der Waals surface area (Å²) in [6.07, 6.45) is 10.4. The van der Waals surface area contributed by atoms with E-state index in [1.165, 1.54) is 105 Å². The first-order chi connectivity index (χ1) is 30.8. The lowest BCUT2D eigenvalue weighted by Crippen LogP contribution is -2.57. The molecule has 9 rings (SSSR count). The number of hydrogen-bond donors (Lipinski definition) is 0. The standard InChI is InChI=1S/C58H62N2S2Si/c1-7-11-19-41(9-3)37-63(38-42(10-4)20-12-8-2)53-35-39(5)25-28-46(53)47-29-27-45(36-54(47)63)50-33-34-52(62-50)49-31-30-48(51-32-26-40(6)61-51)57-58(49)60-56(44-23-17-14-18-24-44)55(59-57)43-21-15-13-16-22-43/h13-18,21-36,41-42H,7-12,19-20,37-38H2,1-6H3. The molecule has 2 nitrogen and oxygen atoms in total. The van der Waals surface area contributed by atoms with Crippen molar-refractivity contribution in [1.29, 1.82) is 0 Å². The van der Waals surface area contributed by atoms with Gasteiger partial charge < -0.3 is 0 Å². The molecule has 0 radical (unpaired) electrons. The van der Waals surface area contributed by atoms with Gasteiger partial charge in [0.05, 0.1) is 22.4 Å². The Kier molecular flexibility index (Phi) is 13.1. The summed E-state index contributed by atoms with van der Waals surface area (Å²) in [4.78, 5) is 16.3. The summed E-state index contributed by atoms with van der Waals surface area (Å²) in [7, 11) is -2.15. The van der Waals surface area contributed by atoms with Gasteiger partial charge in [0.25, 0.3) is 0 Å². The van der Waals surface area contributed by atoms with E-state index in [9.17, 15) is 0 Å². The molecule has 0 aliphatic carbocycles. The van der Waals surface area contributed by atoms with Crippen LogP contribution in [0.15, 0.2) is 133 Å². The van der Waals surface area contributed by atoms with Crippen molar-refractivity contribution in [3.05, 3.63) is 144 Å². The highest BCUT2D eigenvalue weighted by Gasteiger charge is 2.47. The van der Waals surface area contributed by atoms with Crippen molar-refractivity contribution in [2.24, 2.45) is 11.8 Å². The molecule has 3 aromatic heterocycles. The first kappa shape index (κ1) is 43.3. The van der Waals surface area contributed by atoms with Crippen LogP contribution >= 0.6 is 22.7 Å².